The Bertz CT molecular complexity index is 785. The highest BCUT2D eigenvalue weighted by atomic mass is 16.6. The van der Waals surface area contributed by atoms with Gasteiger partial charge in [-0.25, -0.2) is 4.79 Å². The first-order valence-electron chi connectivity index (χ1n) is 9.32. The van der Waals surface area contributed by atoms with Gasteiger partial charge in [-0.15, -0.1) is 0 Å². The van der Waals surface area contributed by atoms with Gasteiger partial charge in [0.1, 0.15) is 17.4 Å². The number of aromatic hydroxyl groups is 1. The molecule has 6 nitrogen and oxygen atoms in total. The minimum absolute atomic E-state index is 0.199. The molecule has 0 fully saturated rings. The van der Waals surface area contributed by atoms with Crippen molar-refractivity contribution in [3.05, 3.63) is 65.7 Å². The van der Waals surface area contributed by atoms with Crippen molar-refractivity contribution in [2.24, 2.45) is 0 Å². The van der Waals surface area contributed by atoms with Gasteiger partial charge in [0.05, 0.1) is 0 Å². The van der Waals surface area contributed by atoms with Gasteiger partial charge >= 0.3 is 6.09 Å². The molecule has 0 bridgehead atoms. The van der Waals surface area contributed by atoms with E-state index in [-0.39, 0.29) is 11.7 Å². The number of para-hydroxylation sites is 1. The lowest BCUT2D eigenvalue weighted by Crippen LogP contribution is -2.49. The number of alkyl carbamates (subject to hydrolysis) is 1. The van der Waals surface area contributed by atoms with E-state index in [9.17, 15) is 14.7 Å². The van der Waals surface area contributed by atoms with Crippen LogP contribution in [0.4, 0.5) is 4.79 Å². The predicted octanol–water partition coefficient (Wildman–Crippen LogP) is 3.19. The summed E-state index contributed by atoms with van der Waals surface area (Å²) in [5.41, 5.74) is 1.03. The van der Waals surface area contributed by atoms with E-state index in [2.05, 4.69) is 10.6 Å². The Balaban J connectivity index is 1.99. The number of ether oxygens (including phenoxy) is 1. The summed E-state index contributed by atoms with van der Waals surface area (Å²) in [4.78, 5) is 24.8. The van der Waals surface area contributed by atoms with Crippen molar-refractivity contribution >= 4 is 12.0 Å². The zero-order chi connectivity index (χ0) is 20.6. The fourth-order valence-electron chi connectivity index (χ4n) is 2.67. The second-order valence-electron chi connectivity index (χ2n) is 7.56. The number of benzene rings is 2. The standard InChI is InChI=1S/C22H28N2O4/c1-22(2,3)28-21(27)24-18(15-16-9-5-4-6-10-16)20(26)23-14-13-17-11-7-8-12-19(17)25/h4-12,18,25H,13-15H2,1-3H3,(H,23,26)(H,24,27). The normalized spacial score (nSPS) is 12.1. The smallest absolute Gasteiger partial charge is 0.408 e. The Morgan fingerprint density at radius 3 is 2.32 bits per heavy atom. The lowest BCUT2D eigenvalue weighted by Gasteiger charge is -2.23. The summed E-state index contributed by atoms with van der Waals surface area (Å²) in [6.07, 6.45) is 0.204. The fraction of sp³-hybridized carbons (Fsp3) is 0.364. The molecule has 2 aromatic rings. The van der Waals surface area contributed by atoms with Gasteiger partial charge in [0.15, 0.2) is 0 Å². The van der Waals surface area contributed by atoms with E-state index in [1.54, 1.807) is 32.9 Å². The van der Waals surface area contributed by atoms with Crippen molar-refractivity contribution in [2.75, 3.05) is 6.54 Å². The molecule has 0 spiro atoms. The molecule has 1 unspecified atom stereocenters. The van der Waals surface area contributed by atoms with Crippen molar-refractivity contribution in [3.8, 4) is 5.75 Å². The first-order valence-corrected chi connectivity index (χ1v) is 9.32. The lowest BCUT2D eigenvalue weighted by atomic mass is 10.1. The second kappa shape index (κ2) is 9.78. The summed E-state index contributed by atoms with van der Waals surface area (Å²) < 4.78 is 5.28. The van der Waals surface area contributed by atoms with Crippen LogP contribution in [0.5, 0.6) is 5.75 Å². The molecule has 0 saturated heterocycles. The number of phenols is 1. The molecule has 2 rings (SSSR count). The number of hydrogen-bond donors (Lipinski definition) is 3. The van der Waals surface area contributed by atoms with E-state index < -0.39 is 17.7 Å². The van der Waals surface area contributed by atoms with E-state index in [0.29, 0.717) is 19.4 Å². The van der Waals surface area contributed by atoms with E-state index in [1.165, 1.54) is 0 Å². The summed E-state index contributed by atoms with van der Waals surface area (Å²) in [5.74, 6) is -0.102. The van der Waals surface area contributed by atoms with Crippen LogP contribution in [0.1, 0.15) is 31.9 Å². The van der Waals surface area contributed by atoms with E-state index in [1.807, 2.05) is 42.5 Å². The molecule has 0 aliphatic heterocycles. The molecule has 0 aliphatic carbocycles. The van der Waals surface area contributed by atoms with Gasteiger partial charge in [-0.1, -0.05) is 48.5 Å². The lowest BCUT2D eigenvalue weighted by molar-refractivity contribution is -0.123. The number of carbonyl (C=O) groups is 2. The third-order valence-electron chi connectivity index (χ3n) is 3.98. The van der Waals surface area contributed by atoms with Crippen molar-refractivity contribution in [3.63, 3.8) is 0 Å². The average Bonchev–Trinajstić information content (AvgIpc) is 2.62. The summed E-state index contributed by atoms with van der Waals surface area (Å²) in [7, 11) is 0. The van der Waals surface area contributed by atoms with E-state index >= 15 is 0 Å². The van der Waals surface area contributed by atoms with Crippen molar-refractivity contribution in [1.29, 1.82) is 0 Å². The Labute approximate surface area is 165 Å². The van der Waals surface area contributed by atoms with Gasteiger partial charge in [-0.2, -0.15) is 0 Å². The van der Waals surface area contributed by atoms with E-state index in [0.717, 1.165) is 11.1 Å². The second-order valence-corrected chi connectivity index (χ2v) is 7.56. The molecular weight excluding hydrogens is 356 g/mol. The maximum Gasteiger partial charge on any atom is 0.408 e. The van der Waals surface area contributed by atoms with Crippen LogP contribution >= 0.6 is 0 Å². The molecule has 2 aromatic carbocycles. The SMILES string of the molecule is CC(C)(C)OC(=O)NC(Cc1ccccc1)C(=O)NCCc1ccccc1O. The minimum atomic E-state index is -0.762. The first kappa shape index (κ1) is 21.3. The van der Waals surface area contributed by atoms with Crippen molar-refractivity contribution in [1.82, 2.24) is 10.6 Å². The number of nitrogens with one attached hydrogen (secondary N) is 2. The number of rotatable bonds is 7. The van der Waals surface area contributed by atoms with Crippen LogP contribution in [-0.2, 0) is 22.4 Å². The van der Waals surface area contributed by atoms with Crippen molar-refractivity contribution in [2.45, 2.75) is 45.3 Å². The van der Waals surface area contributed by atoms with Gasteiger partial charge in [0, 0.05) is 13.0 Å². The maximum absolute atomic E-state index is 12.7. The quantitative estimate of drug-likeness (QED) is 0.684. The predicted molar refractivity (Wildman–Crippen MR) is 108 cm³/mol. The molecule has 150 valence electrons. The zero-order valence-corrected chi connectivity index (χ0v) is 16.6. The van der Waals surface area contributed by atoms with Gasteiger partial charge < -0.3 is 20.5 Å². The molecule has 6 heteroatoms. The molecular formula is C22H28N2O4. The van der Waals surface area contributed by atoms with Crippen LogP contribution in [0.15, 0.2) is 54.6 Å². The molecule has 3 N–H and O–H groups in total. The number of amides is 2. The third kappa shape index (κ3) is 7.31. The fourth-order valence-corrected chi connectivity index (χ4v) is 2.67. The molecule has 2 amide bonds. The molecule has 0 aromatic heterocycles. The van der Waals surface area contributed by atoms with Crippen LogP contribution < -0.4 is 10.6 Å². The largest absolute Gasteiger partial charge is 0.508 e. The van der Waals surface area contributed by atoms with Crippen LogP contribution in [0, 0.1) is 0 Å². The Morgan fingerprint density at radius 1 is 1.04 bits per heavy atom. The zero-order valence-electron chi connectivity index (χ0n) is 16.6. The molecule has 0 saturated carbocycles. The monoisotopic (exact) mass is 384 g/mol. The van der Waals surface area contributed by atoms with Gasteiger partial charge in [-0.05, 0) is 44.4 Å². The van der Waals surface area contributed by atoms with Crippen LogP contribution in [0.2, 0.25) is 0 Å². The topological polar surface area (TPSA) is 87.7 Å². The molecule has 28 heavy (non-hydrogen) atoms. The highest BCUT2D eigenvalue weighted by molar-refractivity contribution is 5.86. The minimum Gasteiger partial charge on any atom is -0.508 e. The van der Waals surface area contributed by atoms with Crippen molar-refractivity contribution < 1.29 is 19.4 Å². The van der Waals surface area contributed by atoms with Gasteiger partial charge in [0.2, 0.25) is 5.91 Å². The summed E-state index contributed by atoms with van der Waals surface area (Å²) >= 11 is 0. The highest BCUT2D eigenvalue weighted by Gasteiger charge is 2.24. The van der Waals surface area contributed by atoms with Crippen LogP contribution in [0.3, 0.4) is 0 Å². The molecule has 1 atom stereocenters. The van der Waals surface area contributed by atoms with Gasteiger partial charge in [-0.3, -0.25) is 4.79 Å². The Hall–Kier alpha value is -3.02. The van der Waals surface area contributed by atoms with Crippen LogP contribution in [-0.4, -0.2) is 35.3 Å². The number of phenolic OH excluding ortho intramolecular Hbond substituents is 1. The van der Waals surface area contributed by atoms with Crippen LogP contribution in [0.25, 0.3) is 0 Å². The average molecular weight is 384 g/mol. The Kier molecular flexibility index (Phi) is 7.44. The van der Waals surface area contributed by atoms with Gasteiger partial charge in [0.25, 0.3) is 0 Å². The number of carbonyl (C=O) groups excluding carboxylic acids is 2. The first-order chi connectivity index (χ1) is 13.2. The molecule has 0 radical (unpaired) electrons. The number of hydrogen-bond acceptors (Lipinski definition) is 4. The van der Waals surface area contributed by atoms with E-state index in [4.69, 9.17) is 4.74 Å². The summed E-state index contributed by atoms with van der Waals surface area (Å²) in [6, 6.07) is 15.7. The summed E-state index contributed by atoms with van der Waals surface area (Å²) in [6.45, 7) is 5.65. The Morgan fingerprint density at radius 2 is 1.68 bits per heavy atom. The molecule has 0 aliphatic rings. The maximum atomic E-state index is 12.7. The highest BCUT2D eigenvalue weighted by Crippen LogP contribution is 2.15. The molecule has 0 heterocycles. The summed E-state index contributed by atoms with van der Waals surface area (Å²) in [5, 5.41) is 15.3. The third-order valence-corrected chi connectivity index (χ3v) is 3.98.